The summed E-state index contributed by atoms with van der Waals surface area (Å²) in [6, 6.07) is 3.57. The van der Waals surface area contributed by atoms with E-state index in [9.17, 15) is 8.78 Å². The lowest BCUT2D eigenvalue weighted by molar-refractivity contribution is -0.0630. The molecule has 1 heterocycles. The Morgan fingerprint density at radius 2 is 2.07 bits per heavy atom. The number of benzene rings is 1. The molecule has 1 fully saturated rings. The van der Waals surface area contributed by atoms with E-state index in [-0.39, 0.29) is 11.2 Å². The molecule has 0 aromatic heterocycles. The lowest BCUT2D eigenvalue weighted by Gasteiger charge is -2.42. The van der Waals surface area contributed by atoms with Crippen LogP contribution in [0.5, 0.6) is 0 Å². The van der Waals surface area contributed by atoms with Crippen LogP contribution in [0.4, 0.5) is 8.78 Å². The van der Waals surface area contributed by atoms with Crippen molar-refractivity contribution >= 4 is 12.6 Å². The van der Waals surface area contributed by atoms with Crippen molar-refractivity contribution in [1.29, 1.82) is 0 Å². The Balaban J connectivity index is 2.37. The zero-order valence-corrected chi connectivity index (χ0v) is 9.07. The molecule has 1 aliphatic rings. The van der Waals surface area contributed by atoms with Crippen LogP contribution in [-0.2, 0) is 10.2 Å². The van der Waals surface area contributed by atoms with E-state index in [4.69, 9.17) is 4.74 Å². The summed E-state index contributed by atoms with van der Waals surface area (Å²) in [6.07, 6.45) is 0.705. The Kier molecular flexibility index (Phi) is 2.98. The maximum atomic E-state index is 13.6. The van der Waals surface area contributed by atoms with Crippen LogP contribution in [0.2, 0.25) is 0 Å². The third-order valence-electron chi connectivity index (χ3n) is 2.85. The van der Waals surface area contributed by atoms with Crippen LogP contribution in [-0.4, -0.2) is 19.0 Å². The molecule has 1 saturated heterocycles. The molecule has 1 aliphatic heterocycles. The van der Waals surface area contributed by atoms with Crippen molar-refractivity contribution < 1.29 is 13.5 Å². The molecule has 0 amide bonds. The average Bonchev–Trinajstić information content (AvgIpc) is 2.16. The summed E-state index contributed by atoms with van der Waals surface area (Å²) < 4.78 is 31.7. The van der Waals surface area contributed by atoms with Gasteiger partial charge in [0.2, 0.25) is 0 Å². The average molecular weight is 230 g/mol. The SMILES string of the molecule is Fc1ccc(F)c(C2(CCS)COC2)c1. The molecule has 2 rings (SSSR count). The number of hydrogen-bond donors (Lipinski definition) is 1. The molecular formula is C11H12F2OS. The third-order valence-corrected chi connectivity index (χ3v) is 3.07. The highest BCUT2D eigenvalue weighted by atomic mass is 32.1. The van der Waals surface area contributed by atoms with E-state index in [0.717, 1.165) is 6.07 Å². The minimum atomic E-state index is -0.406. The summed E-state index contributed by atoms with van der Waals surface area (Å²) in [6.45, 7) is 0.905. The first-order chi connectivity index (χ1) is 7.18. The zero-order valence-electron chi connectivity index (χ0n) is 8.17. The summed E-state index contributed by atoms with van der Waals surface area (Å²) in [7, 11) is 0. The van der Waals surface area contributed by atoms with Crippen LogP contribution < -0.4 is 0 Å². The van der Waals surface area contributed by atoms with E-state index in [1.54, 1.807) is 0 Å². The lowest BCUT2D eigenvalue weighted by Crippen LogP contribution is -2.47. The second kappa shape index (κ2) is 4.10. The number of ether oxygens (including phenoxy) is 1. The molecule has 0 radical (unpaired) electrons. The molecule has 15 heavy (non-hydrogen) atoms. The molecule has 1 aromatic carbocycles. The van der Waals surface area contributed by atoms with E-state index >= 15 is 0 Å². The van der Waals surface area contributed by atoms with Crippen molar-refractivity contribution in [2.24, 2.45) is 0 Å². The van der Waals surface area contributed by atoms with Gasteiger partial charge in [-0.1, -0.05) is 0 Å². The molecule has 4 heteroatoms. The number of rotatable bonds is 3. The predicted molar refractivity (Wildman–Crippen MR) is 57.3 cm³/mol. The molecular weight excluding hydrogens is 218 g/mol. The normalized spacial score (nSPS) is 18.6. The zero-order chi connectivity index (χ0) is 10.9. The second-order valence-corrected chi connectivity index (χ2v) is 4.32. The molecule has 0 atom stereocenters. The first kappa shape index (κ1) is 10.9. The molecule has 0 unspecified atom stereocenters. The summed E-state index contributed by atoms with van der Waals surface area (Å²) in [5.74, 6) is -0.127. The summed E-state index contributed by atoms with van der Waals surface area (Å²) in [5.41, 5.74) is 0.0521. The number of halogens is 2. The highest BCUT2D eigenvalue weighted by Crippen LogP contribution is 2.37. The fourth-order valence-corrected chi connectivity index (χ4v) is 2.33. The molecule has 0 aliphatic carbocycles. The molecule has 0 N–H and O–H groups in total. The third kappa shape index (κ3) is 1.88. The first-order valence-electron chi connectivity index (χ1n) is 4.82. The van der Waals surface area contributed by atoms with Gasteiger partial charge in [-0.2, -0.15) is 12.6 Å². The number of thiol groups is 1. The maximum absolute atomic E-state index is 13.6. The van der Waals surface area contributed by atoms with Crippen molar-refractivity contribution in [2.75, 3.05) is 19.0 Å². The quantitative estimate of drug-likeness (QED) is 0.785. The van der Waals surface area contributed by atoms with Gasteiger partial charge in [0.25, 0.3) is 0 Å². The number of hydrogen-bond acceptors (Lipinski definition) is 2. The highest BCUT2D eigenvalue weighted by molar-refractivity contribution is 7.80. The monoisotopic (exact) mass is 230 g/mol. The fourth-order valence-electron chi connectivity index (χ4n) is 1.90. The van der Waals surface area contributed by atoms with Gasteiger partial charge in [-0.3, -0.25) is 0 Å². The first-order valence-corrected chi connectivity index (χ1v) is 5.45. The smallest absolute Gasteiger partial charge is 0.127 e. The lowest BCUT2D eigenvalue weighted by atomic mass is 9.76. The van der Waals surface area contributed by atoms with Gasteiger partial charge >= 0.3 is 0 Å². The maximum Gasteiger partial charge on any atom is 0.127 e. The minimum Gasteiger partial charge on any atom is -0.379 e. The van der Waals surface area contributed by atoms with Crippen molar-refractivity contribution in [3.05, 3.63) is 35.4 Å². The standard InChI is InChI=1S/C11H12F2OS/c12-8-1-2-10(13)9(5-8)11(3-4-15)6-14-7-11/h1-2,5,15H,3-4,6-7H2. The molecule has 1 aromatic rings. The Labute approximate surface area is 92.8 Å². The molecule has 1 nitrogen and oxygen atoms in total. The van der Waals surface area contributed by atoms with Gasteiger partial charge in [0, 0.05) is 11.0 Å². The van der Waals surface area contributed by atoms with E-state index in [1.807, 2.05) is 0 Å². The van der Waals surface area contributed by atoms with Crippen LogP contribution in [0.1, 0.15) is 12.0 Å². The minimum absolute atomic E-state index is 0.360. The van der Waals surface area contributed by atoms with Gasteiger partial charge in [0.05, 0.1) is 13.2 Å². The Bertz CT molecular complexity index is 364. The van der Waals surface area contributed by atoms with E-state index in [2.05, 4.69) is 12.6 Å². The van der Waals surface area contributed by atoms with Crippen molar-refractivity contribution in [3.8, 4) is 0 Å². The Hall–Kier alpha value is -0.610. The second-order valence-electron chi connectivity index (χ2n) is 3.87. The fraction of sp³-hybridized carbons (Fsp3) is 0.455. The molecule has 82 valence electrons. The van der Waals surface area contributed by atoms with Gasteiger partial charge in [-0.15, -0.1) is 0 Å². The Morgan fingerprint density at radius 1 is 1.33 bits per heavy atom. The summed E-state index contributed by atoms with van der Waals surface area (Å²) in [5, 5.41) is 0. The van der Waals surface area contributed by atoms with E-state index in [0.29, 0.717) is 31.0 Å². The molecule has 0 saturated carbocycles. The molecule has 0 spiro atoms. The van der Waals surface area contributed by atoms with Gasteiger partial charge in [-0.25, -0.2) is 8.78 Å². The summed E-state index contributed by atoms with van der Waals surface area (Å²) in [4.78, 5) is 0. The van der Waals surface area contributed by atoms with Crippen molar-refractivity contribution in [3.63, 3.8) is 0 Å². The van der Waals surface area contributed by atoms with Crippen LogP contribution in [0.15, 0.2) is 18.2 Å². The van der Waals surface area contributed by atoms with Gasteiger partial charge in [0.15, 0.2) is 0 Å². The van der Waals surface area contributed by atoms with Gasteiger partial charge < -0.3 is 4.74 Å². The largest absolute Gasteiger partial charge is 0.379 e. The van der Waals surface area contributed by atoms with Crippen LogP contribution in [0, 0.1) is 11.6 Å². The van der Waals surface area contributed by atoms with Crippen LogP contribution >= 0.6 is 12.6 Å². The van der Waals surface area contributed by atoms with E-state index in [1.165, 1.54) is 12.1 Å². The predicted octanol–water partition coefficient (Wildman–Crippen LogP) is 2.55. The highest BCUT2D eigenvalue weighted by Gasteiger charge is 2.41. The molecule has 0 bridgehead atoms. The van der Waals surface area contributed by atoms with Gasteiger partial charge in [-0.05, 0) is 30.4 Å². The van der Waals surface area contributed by atoms with Crippen LogP contribution in [0.3, 0.4) is 0 Å². The summed E-state index contributed by atoms with van der Waals surface area (Å²) >= 11 is 4.14. The van der Waals surface area contributed by atoms with Gasteiger partial charge in [0.1, 0.15) is 11.6 Å². The van der Waals surface area contributed by atoms with E-state index < -0.39 is 5.82 Å². The Morgan fingerprint density at radius 3 is 2.60 bits per heavy atom. The van der Waals surface area contributed by atoms with Crippen molar-refractivity contribution in [1.82, 2.24) is 0 Å². The van der Waals surface area contributed by atoms with Crippen molar-refractivity contribution in [2.45, 2.75) is 11.8 Å². The van der Waals surface area contributed by atoms with Crippen LogP contribution in [0.25, 0.3) is 0 Å². The topological polar surface area (TPSA) is 9.23 Å².